The number of cyclic esters (lactones) is 1. The molecule has 0 radical (unpaired) electrons. The minimum atomic E-state index is -1.27. The van der Waals surface area contributed by atoms with E-state index in [4.69, 9.17) is 9.47 Å². The van der Waals surface area contributed by atoms with E-state index in [-0.39, 0.29) is 30.4 Å². The number of carbonyl (C=O) groups is 3. The summed E-state index contributed by atoms with van der Waals surface area (Å²) in [6, 6.07) is -0.891. The molecule has 1 spiro atoms. The lowest BCUT2D eigenvalue weighted by Crippen LogP contribution is -2.60. The van der Waals surface area contributed by atoms with Gasteiger partial charge in [0.05, 0.1) is 18.1 Å². The fourth-order valence-corrected chi connectivity index (χ4v) is 7.06. The minimum absolute atomic E-state index is 0.00811. The highest BCUT2D eigenvalue weighted by molar-refractivity contribution is 5.99. The van der Waals surface area contributed by atoms with Gasteiger partial charge in [-0.3, -0.25) is 14.4 Å². The molecule has 8 nitrogen and oxygen atoms in total. The van der Waals surface area contributed by atoms with E-state index in [0.29, 0.717) is 32.4 Å². The lowest BCUT2D eigenvalue weighted by molar-refractivity contribution is -0.161. The summed E-state index contributed by atoms with van der Waals surface area (Å²) < 4.78 is 12.3. The molecule has 5 atom stereocenters. The van der Waals surface area contributed by atoms with Gasteiger partial charge < -0.3 is 24.4 Å². The third-order valence-corrected chi connectivity index (χ3v) is 8.02. The van der Waals surface area contributed by atoms with Crippen LogP contribution in [0, 0.1) is 17.3 Å². The number of ether oxygens (including phenoxy) is 2. The van der Waals surface area contributed by atoms with Crippen LogP contribution in [0.5, 0.6) is 0 Å². The fourth-order valence-electron chi connectivity index (χ4n) is 7.06. The van der Waals surface area contributed by atoms with E-state index in [1.54, 1.807) is 4.90 Å². The first kappa shape index (κ1) is 26.9. The molecule has 1 unspecified atom stereocenters. The maximum absolute atomic E-state index is 14.4. The van der Waals surface area contributed by atoms with Crippen molar-refractivity contribution in [3.63, 3.8) is 0 Å². The van der Waals surface area contributed by atoms with E-state index in [2.05, 4.69) is 34.6 Å². The second-order valence-corrected chi connectivity index (χ2v) is 12.7. The predicted octanol–water partition coefficient (Wildman–Crippen LogP) is 2.85. The molecule has 2 saturated heterocycles. The standard InChI is InChI=1S/C28H42N2O6/c1-25(2,3)18-26(4,5)30-15-11-13-28-19(20-24(34)35-17-10-7-12-27(20,6)36-28)22(32)29(14-8-9-16-31)21(28)23(30)33/h7,11-13,19-21,31H,8-10,14-18H2,1-6H3/t19-,20+,21?,27-,28-/m0/s1. The van der Waals surface area contributed by atoms with Crippen molar-refractivity contribution in [3.05, 3.63) is 24.3 Å². The summed E-state index contributed by atoms with van der Waals surface area (Å²) in [5.41, 5.74) is -2.81. The van der Waals surface area contributed by atoms with Crippen LogP contribution in [0.3, 0.4) is 0 Å². The van der Waals surface area contributed by atoms with Gasteiger partial charge in [0, 0.05) is 25.2 Å². The fraction of sp³-hybridized carbons (Fsp3) is 0.750. The molecule has 4 aliphatic heterocycles. The lowest BCUT2D eigenvalue weighted by atomic mass is 9.74. The van der Waals surface area contributed by atoms with Crippen LogP contribution in [0.2, 0.25) is 0 Å². The minimum Gasteiger partial charge on any atom is -0.465 e. The Morgan fingerprint density at radius 3 is 2.42 bits per heavy atom. The van der Waals surface area contributed by atoms with Crippen molar-refractivity contribution in [2.45, 2.75) is 90.0 Å². The van der Waals surface area contributed by atoms with E-state index in [1.165, 1.54) is 0 Å². The Morgan fingerprint density at radius 2 is 1.75 bits per heavy atom. The van der Waals surface area contributed by atoms with Gasteiger partial charge >= 0.3 is 5.97 Å². The Labute approximate surface area is 214 Å². The van der Waals surface area contributed by atoms with Gasteiger partial charge in [0.15, 0.2) is 0 Å². The normalized spacial score (nSPS) is 34.6. The van der Waals surface area contributed by atoms with Crippen LogP contribution < -0.4 is 0 Å². The summed E-state index contributed by atoms with van der Waals surface area (Å²) in [5, 5.41) is 9.35. The first-order chi connectivity index (χ1) is 16.8. The van der Waals surface area contributed by atoms with Crippen LogP contribution in [0.15, 0.2) is 24.3 Å². The Morgan fingerprint density at radius 1 is 1.03 bits per heavy atom. The number of amides is 2. The summed E-state index contributed by atoms with van der Waals surface area (Å²) >= 11 is 0. The maximum Gasteiger partial charge on any atom is 0.313 e. The number of nitrogens with zero attached hydrogens (tertiary/aromatic N) is 2. The molecule has 0 aromatic heterocycles. The lowest BCUT2D eigenvalue weighted by Gasteiger charge is -2.45. The van der Waals surface area contributed by atoms with Crippen LogP contribution in [-0.2, 0) is 23.9 Å². The highest BCUT2D eigenvalue weighted by Crippen LogP contribution is 2.57. The third kappa shape index (κ3) is 4.40. The number of hydrogen-bond acceptors (Lipinski definition) is 6. The third-order valence-electron chi connectivity index (χ3n) is 8.02. The number of hydrogen-bond donors (Lipinski definition) is 1. The van der Waals surface area contributed by atoms with Crippen LogP contribution in [0.25, 0.3) is 0 Å². The number of unbranched alkanes of at least 4 members (excludes halogenated alkanes) is 1. The number of carbonyl (C=O) groups excluding carboxylic acids is 3. The Bertz CT molecular complexity index is 966. The van der Waals surface area contributed by atoms with Crippen molar-refractivity contribution in [3.8, 4) is 0 Å². The van der Waals surface area contributed by atoms with Crippen LogP contribution >= 0.6 is 0 Å². The molecule has 36 heavy (non-hydrogen) atoms. The van der Waals surface area contributed by atoms with Gasteiger partial charge in [-0.1, -0.05) is 45.1 Å². The zero-order valence-electron chi connectivity index (χ0n) is 22.6. The number of likely N-dealkylation sites (tertiary alicyclic amines) is 1. The van der Waals surface area contributed by atoms with Crippen molar-refractivity contribution < 1.29 is 29.0 Å². The molecule has 0 saturated carbocycles. The molecule has 1 N–H and O–H groups in total. The molecule has 0 bridgehead atoms. The summed E-state index contributed by atoms with van der Waals surface area (Å²) in [4.78, 5) is 45.3. The van der Waals surface area contributed by atoms with Crippen LogP contribution in [-0.4, -0.2) is 81.8 Å². The molecule has 0 aromatic rings. The van der Waals surface area contributed by atoms with Crippen molar-refractivity contribution in [2.24, 2.45) is 17.3 Å². The predicted molar refractivity (Wildman–Crippen MR) is 135 cm³/mol. The largest absolute Gasteiger partial charge is 0.465 e. The molecule has 4 aliphatic rings. The molecule has 4 rings (SSSR count). The van der Waals surface area contributed by atoms with Gasteiger partial charge in [-0.25, -0.2) is 0 Å². The molecule has 8 heteroatoms. The second-order valence-electron chi connectivity index (χ2n) is 12.7. The van der Waals surface area contributed by atoms with Crippen LogP contribution in [0.4, 0.5) is 0 Å². The highest BCUT2D eigenvalue weighted by Gasteiger charge is 2.74. The van der Waals surface area contributed by atoms with Crippen molar-refractivity contribution in [2.75, 3.05) is 26.3 Å². The van der Waals surface area contributed by atoms with Gasteiger partial charge in [-0.05, 0) is 51.9 Å². The molecule has 4 heterocycles. The van der Waals surface area contributed by atoms with Crippen LogP contribution in [0.1, 0.15) is 67.2 Å². The number of aliphatic hydroxyl groups excluding tert-OH is 1. The van der Waals surface area contributed by atoms with E-state index >= 15 is 0 Å². The van der Waals surface area contributed by atoms with Gasteiger partial charge in [0.25, 0.3) is 0 Å². The maximum atomic E-state index is 14.4. The molecule has 0 aromatic carbocycles. The van der Waals surface area contributed by atoms with Gasteiger partial charge in [0.1, 0.15) is 17.6 Å². The second kappa shape index (κ2) is 9.28. The first-order valence-corrected chi connectivity index (χ1v) is 13.2. The number of esters is 1. The molecular weight excluding hydrogens is 460 g/mol. The SMILES string of the molecule is CC(C)(C)CC(C)(C)N1CC=C[C@]23O[C@@]4(C)C=CCCOC(=O)[C@H]4[C@H]2C(=O)N(CCCCO)C3C1=O. The molecule has 2 amide bonds. The number of fused-ring (bicyclic) bond motifs is 2. The highest BCUT2D eigenvalue weighted by atomic mass is 16.6. The summed E-state index contributed by atoms with van der Waals surface area (Å²) in [7, 11) is 0. The monoisotopic (exact) mass is 502 g/mol. The molecule has 0 aliphatic carbocycles. The average Bonchev–Trinajstić information content (AvgIpc) is 3.05. The Kier molecular flexibility index (Phi) is 6.92. The smallest absolute Gasteiger partial charge is 0.313 e. The van der Waals surface area contributed by atoms with E-state index in [9.17, 15) is 19.5 Å². The van der Waals surface area contributed by atoms with E-state index < -0.39 is 40.6 Å². The van der Waals surface area contributed by atoms with Crippen molar-refractivity contribution >= 4 is 17.8 Å². The molecular formula is C28H42N2O6. The van der Waals surface area contributed by atoms with Gasteiger partial charge in [-0.2, -0.15) is 0 Å². The summed E-state index contributed by atoms with van der Waals surface area (Å²) in [6.45, 7) is 13.4. The molecule has 2 fully saturated rings. The first-order valence-electron chi connectivity index (χ1n) is 13.2. The van der Waals surface area contributed by atoms with Gasteiger partial charge in [-0.15, -0.1) is 0 Å². The van der Waals surface area contributed by atoms with Crippen molar-refractivity contribution in [1.29, 1.82) is 0 Å². The van der Waals surface area contributed by atoms with E-state index in [0.717, 1.165) is 6.42 Å². The Balaban J connectivity index is 1.82. The quantitative estimate of drug-likeness (QED) is 0.341. The summed E-state index contributed by atoms with van der Waals surface area (Å²) in [5.74, 6) is -2.58. The number of rotatable bonds is 6. The molecule has 200 valence electrons. The summed E-state index contributed by atoms with van der Waals surface area (Å²) in [6.07, 6.45) is 10.0. The van der Waals surface area contributed by atoms with Gasteiger partial charge in [0.2, 0.25) is 11.8 Å². The Hall–Kier alpha value is -2.19. The zero-order chi connectivity index (χ0) is 26.5. The van der Waals surface area contributed by atoms with Crippen molar-refractivity contribution in [1.82, 2.24) is 9.80 Å². The average molecular weight is 503 g/mol. The van der Waals surface area contributed by atoms with E-state index in [1.807, 2.05) is 36.1 Å². The number of aliphatic hydroxyl groups is 1. The zero-order valence-corrected chi connectivity index (χ0v) is 22.6. The topological polar surface area (TPSA) is 96.4 Å².